The molecule has 1 aliphatic carbocycles. The Balaban J connectivity index is 1.83. The third-order valence-electron chi connectivity index (χ3n) is 6.36. The van der Waals surface area contributed by atoms with Gasteiger partial charge in [-0.3, -0.25) is 9.59 Å². The monoisotopic (exact) mass is 424 g/mol. The molecule has 2 bridgehead atoms. The van der Waals surface area contributed by atoms with Crippen molar-refractivity contribution in [3.8, 4) is 23.2 Å². The van der Waals surface area contributed by atoms with E-state index < -0.39 is 23.2 Å². The highest BCUT2D eigenvalue weighted by atomic mass is 19.1. The topological polar surface area (TPSA) is 101 Å². The first-order chi connectivity index (χ1) is 14.5. The van der Waals surface area contributed by atoms with Crippen LogP contribution in [0, 0.1) is 24.6 Å². The predicted octanol–water partition coefficient (Wildman–Crippen LogP) is 2.11. The minimum absolute atomic E-state index is 0.0536. The third-order valence-corrected chi connectivity index (χ3v) is 6.36. The highest BCUT2D eigenvalue weighted by Crippen LogP contribution is 2.53. The Morgan fingerprint density at radius 1 is 1.42 bits per heavy atom. The second kappa shape index (κ2) is 7.20. The van der Waals surface area contributed by atoms with E-state index in [0.29, 0.717) is 23.6 Å². The lowest BCUT2D eigenvalue weighted by molar-refractivity contribution is -0.142. The second-order valence-electron chi connectivity index (χ2n) is 8.49. The summed E-state index contributed by atoms with van der Waals surface area (Å²) in [5.41, 5.74) is 6.04. The van der Waals surface area contributed by atoms with Crippen LogP contribution < -0.4 is 5.73 Å². The molecule has 1 saturated carbocycles. The minimum Gasteiger partial charge on any atom is -0.370 e. The van der Waals surface area contributed by atoms with E-state index >= 15 is 0 Å². The van der Waals surface area contributed by atoms with Gasteiger partial charge in [0.05, 0.1) is 5.56 Å². The number of hydrogen-bond donors (Lipinski definition) is 2. The highest BCUT2D eigenvalue weighted by molar-refractivity contribution is 5.93. The first-order valence-electron chi connectivity index (χ1n) is 10.3. The molecule has 162 valence electrons. The van der Waals surface area contributed by atoms with Gasteiger partial charge in [0, 0.05) is 30.9 Å². The summed E-state index contributed by atoms with van der Waals surface area (Å²) in [6.07, 6.45) is 1.68. The van der Waals surface area contributed by atoms with Gasteiger partial charge in [-0.05, 0) is 57.2 Å². The number of aromatic nitrogens is 2. The number of nitrogens with two attached hydrogens (primary N) is 1. The number of carbonyl (C=O) groups is 2. The summed E-state index contributed by atoms with van der Waals surface area (Å²) in [4.78, 5) is 30.0. The Labute approximate surface area is 180 Å². The van der Waals surface area contributed by atoms with Gasteiger partial charge >= 0.3 is 0 Å². The fourth-order valence-corrected chi connectivity index (χ4v) is 4.41. The van der Waals surface area contributed by atoms with E-state index in [9.17, 15) is 19.1 Å². The van der Waals surface area contributed by atoms with Crippen LogP contribution >= 0.6 is 0 Å². The van der Waals surface area contributed by atoms with Crippen molar-refractivity contribution >= 4 is 11.8 Å². The van der Waals surface area contributed by atoms with Crippen LogP contribution in [0.25, 0.3) is 11.4 Å². The quantitative estimate of drug-likeness (QED) is 0.737. The van der Waals surface area contributed by atoms with Crippen molar-refractivity contribution in [2.45, 2.75) is 51.2 Å². The number of likely N-dealkylation sites (N-methyl/N-ethyl adjacent to an activating group) is 1. The molecule has 1 unspecified atom stereocenters. The molecule has 8 heteroatoms. The largest absolute Gasteiger partial charge is 0.370 e. The highest BCUT2D eigenvalue weighted by Gasteiger charge is 2.41. The molecule has 7 nitrogen and oxygen atoms in total. The van der Waals surface area contributed by atoms with Gasteiger partial charge < -0.3 is 20.3 Å². The Bertz CT molecular complexity index is 1170. The number of primary amides is 1. The fraction of sp³-hybridized carbons (Fsp3) is 0.435. The van der Waals surface area contributed by atoms with Gasteiger partial charge in [-0.25, -0.2) is 9.37 Å². The first-order valence-corrected chi connectivity index (χ1v) is 10.3. The molecular weight excluding hydrogens is 399 g/mol. The fourth-order valence-electron chi connectivity index (χ4n) is 4.41. The van der Waals surface area contributed by atoms with Crippen LogP contribution in [0.5, 0.6) is 0 Å². The summed E-state index contributed by atoms with van der Waals surface area (Å²) < 4.78 is 16.9. The van der Waals surface area contributed by atoms with Crippen molar-refractivity contribution in [1.29, 1.82) is 0 Å². The summed E-state index contributed by atoms with van der Waals surface area (Å²) in [5, 5.41) is 10.5. The Morgan fingerprint density at radius 3 is 2.71 bits per heavy atom. The van der Waals surface area contributed by atoms with E-state index in [2.05, 4.69) is 16.8 Å². The van der Waals surface area contributed by atoms with E-state index in [-0.39, 0.29) is 23.2 Å². The average molecular weight is 424 g/mol. The van der Waals surface area contributed by atoms with Crippen LogP contribution in [0.3, 0.4) is 0 Å². The van der Waals surface area contributed by atoms with Crippen LogP contribution in [-0.4, -0.2) is 50.6 Å². The lowest BCUT2D eigenvalue weighted by atomic mass is 9.75. The zero-order valence-corrected chi connectivity index (χ0v) is 18.0. The molecule has 1 atom stereocenters. The van der Waals surface area contributed by atoms with E-state index in [1.807, 2.05) is 11.5 Å². The van der Waals surface area contributed by atoms with Crippen molar-refractivity contribution in [2.24, 2.45) is 5.73 Å². The van der Waals surface area contributed by atoms with Crippen LogP contribution in [0.4, 0.5) is 4.39 Å². The van der Waals surface area contributed by atoms with Crippen LogP contribution in [0.2, 0.25) is 0 Å². The molecule has 2 amide bonds. The normalized spacial score (nSPS) is 20.2. The SMILES string of the molecule is CCN(C)C(=O)C(C)(O)C#Cc1cc2c(cc1F)C1CC(C1)n1c-2nc(C(N)=O)c1C. The lowest BCUT2D eigenvalue weighted by Crippen LogP contribution is -2.44. The van der Waals surface area contributed by atoms with Gasteiger partial charge in [-0.2, -0.15) is 0 Å². The molecule has 0 radical (unpaired) electrons. The number of hydrogen-bond acceptors (Lipinski definition) is 4. The molecule has 31 heavy (non-hydrogen) atoms. The van der Waals surface area contributed by atoms with Crippen LogP contribution in [0.1, 0.15) is 66.0 Å². The summed E-state index contributed by atoms with van der Waals surface area (Å²) in [5.74, 6) is 4.24. The Kier molecular flexibility index (Phi) is 4.90. The molecule has 1 fully saturated rings. The molecule has 0 spiro atoms. The predicted molar refractivity (Wildman–Crippen MR) is 113 cm³/mol. The Morgan fingerprint density at radius 2 is 2.10 bits per heavy atom. The second-order valence-corrected chi connectivity index (χ2v) is 8.49. The molecule has 3 heterocycles. The maximum atomic E-state index is 14.9. The number of nitrogens with zero attached hydrogens (tertiary/aromatic N) is 3. The zero-order chi connectivity index (χ0) is 22.7. The summed E-state index contributed by atoms with van der Waals surface area (Å²) in [6, 6.07) is 3.23. The Hall–Kier alpha value is -3.18. The van der Waals surface area contributed by atoms with Gasteiger partial charge in [0.25, 0.3) is 11.8 Å². The lowest BCUT2D eigenvalue weighted by Gasteiger charge is -2.35. The van der Waals surface area contributed by atoms with Crippen LogP contribution in [0.15, 0.2) is 12.1 Å². The molecule has 0 saturated heterocycles. The van der Waals surface area contributed by atoms with Gasteiger partial charge in [0.15, 0.2) is 0 Å². The van der Waals surface area contributed by atoms with Gasteiger partial charge in [-0.15, -0.1) is 0 Å². The molecule has 3 N–H and O–H groups in total. The van der Waals surface area contributed by atoms with Crippen molar-refractivity contribution < 1.29 is 19.1 Å². The van der Waals surface area contributed by atoms with Gasteiger partial charge in [-0.1, -0.05) is 11.8 Å². The minimum atomic E-state index is -1.94. The average Bonchev–Trinajstić information content (AvgIpc) is 2.88. The smallest absolute Gasteiger partial charge is 0.269 e. The van der Waals surface area contributed by atoms with E-state index in [4.69, 9.17) is 5.73 Å². The third kappa shape index (κ3) is 3.29. The number of benzene rings is 1. The van der Waals surface area contributed by atoms with Crippen molar-refractivity contribution in [3.63, 3.8) is 0 Å². The number of halogens is 1. The van der Waals surface area contributed by atoms with Crippen molar-refractivity contribution in [1.82, 2.24) is 14.5 Å². The molecule has 1 aromatic carbocycles. The maximum absolute atomic E-state index is 14.9. The van der Waals surface area contributed by atoms with Crippen molar-refractivity contribution in [3.05, 3.63) is 40.5 Å². The summed E-state index contributed by atoms with van der Waals surface area (Å²) in [7, 11) is 1.56. The number of amides is 2. The molecule has 2 aromatic rings. The maximum Gasteiger partial charge on any atom is 0.269 e. The van der Waals surface area contributed by atoms with Gasteiger partial charge in [0.2, 0.25) is 5.60 Å². The van der Waals surface area contributed by atoms with Crippen molar-refractivity contribution in [2.75, 3.05) is 13.6 Å². The number of carbonyl (C=O) groups excluding carboxylic acids is 2. The number of aliphatic hydroxyl groups is 1. The van der Waals surface area contributed by atoms with E-state index in [1.54, 1.807) is 20.0 Å². The number of rotatable bonds is 3. The first kappa shape index (κ1) is 21.1. The molecular formula is C23H25FN4O3. The van der Waals surface area contributed by atoms with Crippen LogP contribution in [-0.2, 0) is 4.79 Å². The van der Waals surface area contributed by atoms with E-state index in [0.717, 1.165) is 18.4 Å². The van der Waals surface area contributed by atoms with E-state index in [1.165, 1.54) is 17.9 Å². The molecule has 5 rings (SSSR count). The molecule has 2 aliphatic heterocycles. The standard InChI is InChI=1S/C23H25FN4O3/c1-5-27(4)22(30)23(3,31)7-6-13-10-17-16(11-18(13)24)14-8-15(9-14)28-12(2)19(20(25)29)26-21(17)28/h10-11,14-15,31H,5,8-9H2,1-4H3,(H2,25,29). The van der Waals surface area contributed by atoms with Gasteiger partial charge in [0.1, 0.15) is 17.3 Å². The molecule has 3 aliphatic rings. The summed E-state index contributed by atoms with van der Waals surface area (Å²) in [6.45, 7) is 5.30. The molecule has 1 aromatic heterocycles. The number of imidazole rings is 1. The zero-order valence-electron chi connectivity index (χ0n) is 18.0. The summed E-state index contributed by atoms with van der Waals surface area (Å²) >= 11 is 0.